The predicted octanol–water partition coefficient (Wildman–Crippen LogP) is 1.94. The zero-order valence-corrected chi connectivity index (χ0v) is 10.6. The fourth-order valence-corrected chi connectivity index (χ4v) is 1.45. The quantitative estimate of drug-likeness (QED) is 0.419. The molecule has 0 aromatic heterocycles. The van der Waals surface area contributed by atoms with E-state index < -0.39 is 17.9 Å². The molecule has 0 spiro atoms. The van der Waals surface area contributed by atoms with E-state index in [0.29, 0.717) is 12.0 Å². The molecule has 0 saturated heterocycles. The van der Waals surface area contributed by atoms with Gasteiger partial charge in [-0.2, -0.15) is 0 Å². The molecule has 0 aliphatic rings. The maximum atomic E-state index is 11.5. The number of rotatable bonds is 4. The lowest BCUT2D eigenvalue weighted by Crippen LogP contribution is -2.29. The minimum absolute atomic E-state index is 0.0443. The molecule has 0 amide bonds. The first-order valence-electron chi connectivity index (χ1n) is 5.06. The minimum Gasteiger partial charge on any atom is -0.468 e. The van der Waals surface area contributed by atoms with E-state index in [1.54, 1.807) is 0 Å². The lowest BCUT2D eigenvalue weighted by atomic mass is 9.83. The van der Waals surface area contributed by atoms with Crippen LogP contribution in [-0.2, 0) is 19.1 Å². The predicted molar refractivity (Wildman–Crippen MR) is 60.7 cm³/mol. The Bertz CT molecular complexity index is 270. The number of hydrogen-bond donors (Lipinski definition) is 0. The summed E-state index contributed by atoms with van der Waals surface area (Å²) in [5, 5.41) is 0. The third-order valence-corrected chi connectivity index (χ3v) is 2.04. The molecule has 0 saturated carbocycles. The summed E-state index contributed by atoms with van der Waals surface area (Å²) in [6, 6.07) is 0. The van der Waals surface area contributed by atoms with Crippen LogP contribution >= 0.6 is 0 Å². The van der Waals surface area contributed by atoms with E-state index in [0.717, 1.165) is 0 Å². The zero-order valence-electron chi connectivity index (χ0n) is 10.6. The van der Waals surface area contributed by atoms with Gasteiger partial charge in [-0.3, -0.25) is 9.59 Å². The summed E-state index contributed by atoms with van der Waals surface area (Å²) < 4.78 is 9.14. The van der Waals surface area contributed by atoms with Gasteiger partial charge in [0.05, 0.1) is 14.2 Å². The fraction of sp³-hybridized carbons (Fsp3) is 0.667. The van der Waals surface area contributed by atoms with Gasteiger partial charge in [0, 0.05) is 0 Å². The molecule has 16 heavy (non-hydrogen) atoms. The van der Waals surface area contributed by atoms with Gasteiger partial charge in [-0.15, -0.1) is 0 Å². The van der Waals surface area contributed by atoms with Crippen molar-refractivity contribution in [1.29, 1.82) is 0 Å². The van der Waals surface area contributed by atoms with Crippen LogP contribution in [-0.4, -0.2) is 26.2 Å². The van der Waals surface area contributed by atoms with E-state index in [1.165, 1.54) is 14.2 Å². The lowest BCUT2D eigenvalue weighted by Gasteiger charge is -2.23. The third-order valence-electron chi connectivity index (χ3n) is 2.04. The van der Waals surface area contributed by atoms with Crippen LogP contribution < -0.4 is 0 Å². The Kier molecular flexibility index (Phi) is 5.21. The summed E-state index contributed by atoms with van der Waals surface area (Å²) >= 11 is 0. The largest absolute Gasteiger partial charge is 0.468 e. The van der Waals surface area contributed by atoms with E-state index in [-0.39, 0.29) is 5.41 Å². The van der Waals surface area contributed by atoms with Gasteiger partial charge in [0.2, 0.25) is 0 Å². The molecular weight excluding hydrogens is 208 g/mol. The van der Waals surface area contributed by atoms with Crippen LogP contribution in [0.3, 0.4) is 0 Å². The molecule has 0 radical (unpaired) electrons. The lowest BCUT2D eigenvalue weighted by molar-refractivity contribution is -0.156. The summed E-state index contributed by atoms with van der Waals surface area (Å²) in [7, 11) is 2.48. The SMILES string of the molecule is C=C(CC(C)(C)C)C(C(=O)OC)C(=O)OC. The first-order chi connectivity index (χ1) is 7.22. The molecule has 0 heterocycles. The van der Waals surface area contributed by atoms with Crippen LogP contribution in [0.25, 0.3) is 0 Å². The Labute approximate surface area is 96.6 Å². The van der Waals surface area contributed by atoms with Crippen molar-refractivity contribution in [3.63, 3.8) is 0 Å². The van der Waals surface area contributed by atoms with Crippen molar-refractivity contribution in [1.82, 2.24) is 0 Å². The third kappa shape index (κ3) is 4.47. The molecule has 0 bridgehead atoms. The number of carbonyl (C=O) groups excluding carboxylic acids is 2. The second-order valence-electron chi connectivity index (χ2n) is 4.88. The number of esters is 2. The van der Waals surface area contributed by atoms with E-state index in [4.69, 9.17) is 0 Å². The number of carbonyl (C=O) groups is 2. The Morgan fingerprint density at radius 3 is 1.75 bits per heavy atom. The van der Waals surface area contributed by atoms with Crippen LogP contribution in [0.5, 0.6) is 0 Å². The highest BCUT2D eigenvalue weighted by Gasteiger charge is 2.33. The highest BCUT2D eigenvalue weighted by molar-refractivity contribution is 5.97. The number of hydrogen-bond acceptors (Lipinski definition) is 4. The standard InChI is InChI=1S/C12H20O4/c1-8(7-12(2,3)4)9(10(13)15-5)11(14)16-6/h9H,1,7H2,2-6H3. The topological polar surface area (TPSA) is 52.6 Å². The van der Waals surface area contributed by atoms with Crippen molar-refractivity contribution in [2.24, 2.45) is 11.3 Å². The van der Waals surface area contributed by atoms with E-state index in [1.807, 2.05) is 20.8 Å². The zero-order chi connectivity index (χ0) is 12.9. The molecule has 0 atom stereocenters. The highest BCUT2D eigenvalue weighted by Crippen LogP contribution is 2.28. The van der Waals surface area contributed by atoms with Crippen molar-refractivity contribution in [3.8, 4) is 0 Å². The average Bonchev–Trinajstić information content (AvgIpc) is 2.14. The summed E-state index contributed by atoms with van der Waals surface area (Å²) in [4.78, 5) is 22.9. The van der Waals surface area contributed by atoms with E-state index in [2.05, 4.69) is 16.1 Å². The summed E-state index contributed by atoms with van der Waals surface area (Å²) in [5.74, 6) is -2.27. The van der Waals surface area contributed by atoms with Crippen LogP contribution in [0, 0.1) is 11.3 Å². The fourth-order valence-electron chi connectivity index (χ4n) is 1.45. The molecule has 4 heteroatoms. The Hall–Kier alpha value is -1.32. The average molecular weight is 228 g/mol. The minimum atomic E-state index is -1.02. The molecule has 0 aliphatic heterocycles. The Balaban J connectivity index is 4.84. The van der Waals surface area contributed by atoms with Crippen molar-refractivity contribution >= 4 is 11.9 Å². The number of ether oxygens (including phenoxy) is 2. The Morgan fingerprint density at radius 1 is 1.12 bits per heavy atom. The van der Waals surface area contributed by atoms with Gasteiger partial charge in [0.15, 0.2) is 5.92 Å². The molecule has 0 unspecified atom stereocenters. The number of methoxy groups -OCH3 is 2. The maximum absolute atomic E-state index is 11.5. The maximum Gasteiger partial charge on any atom is 0.324 e. The van der Waals surface area contributed by atoms with Crippen LogP contribution in [0.4, 0.5) is 0 Å². The smallest absolute Gasteiger partial charge is 0.324 e. The van der Waals surface area contributed by atoms with Crippen molar-refractivity contribution in [3.05, 3.63) is 12.2 Å². The van der Waals surface area contributed by atoms with Crippen LogP contribution in [0.15, 0.2) is 12.2 Å². The second-order valence-corrected chi connectivity index (χ2v) is 4.88. The van der Waals surface area contributed by atoms with Gasteiger partial charge in [0.25, 0.3) is 0 Å². The van der Waals surface area contributed by atoms with Crippen molar-refractivity contribution in [2.75, 3.05) is 14.2 Å². The van der Waals surface area contributed by atoms with Gasteiger partial charge in [-0.05, 0) is 11.8 Å². The molecule has 0 aliphatic carbocycles. The molecule has 92 valence electrons. The molecular formula is C12H20O4. The summed E-state index contributed by atoms with van der Waals surface area (Å²) in [5.41, 5.74) is 0.475. The second kappa shape index (κ2) is 5.68. The molecule has 0 aromatic rings. The van der Waals surface area contributed by atoms with E-state index >= 15 is 0 Å². The monoisotopic (exact) mass is 228 g/mol. The molecule has 0 N–H and O–H groups in total. The summed E-state index contributed by atoms with van der Waals surface area (Å²) in [6.45, 7) is 9.79. The first-order valence-corrected chi connectivity index (χ1v) is 5.06. The summed E-state index contributed by atoms with van der Waals surface area (Å²) in [6.07, 6.45) is 0.557. The van der Waals surface area contributed by atoms with Gasteiger partial charge >= 0.3 is 11.9 Å². The van der Waals surface area contributed by atoms with Crippen LogP contribution in [0.1, 0.15) is 27.2 Å². The molecule has 4 nitrogen and oxygen atoms in total. The highest BCUT2D eigenvalue weighted by atomic mass is 16.5. The van der Waals surface area contributed by atoms with Gasteiger partial charge in [0.1, 0.15) is 0 Å². The van der Waals surface area contributed by atoms with Crippen molar-refractivity contribution in [2.45, 2.75) is 27.2 Å². The first kappa shape index (κ1) is 14.7. The van der Waals surface area contributed by atoms with Gasteiger partial charge in [-0.1, -0.05) is 32.9 Å². The van der Waals surface area contributed by atoms with Crippen molar-refractivity contribution < 1.29 is 19.1 Å². The van der Waals surface area contributed by atoms with Crippen LogP contribution in [0.2, 0.25) is 0 Å². The van der Waals surface area contributed by atoms with E-state index in [9.17, 15) is 9.59 Å². The normalized spacial score (nSPS) is 11.1. The molecule has 0 aromatic carbocycles. The molecule has 0 fully saturated rings. The van der Waals surface area contributed by atoms with Gasteiger partial charge < -0.3 is 9.47 Å². The molecule has 0 rings (SSSR count). The Morgan fingerprint density at radius 2 is 1.50 bits per heavy atom. The van der Waals surface area contributed by atoms with Gasteiger partial charge in [-0.25, -0.2) is 0 Å².